The Morgan fingerprint density at radius 1 is 1.15 bits per heavy atom. The number of halogens is 2. The van der Waals surface area contributed by atoms with Gasteiger partial charge in [-0.1, -0.05) is 24.9 Å². The van der Waals surface area contributed by atoms with Crippen molar-refractivity contribution in [2.24, 2.45) is 0 Å². The van der Waals surface area contributed by atoms with Crippen LogP contribution in [0.1, 0.15) is 24.7 Å². The van der Waals surface area contributed by atoms with Crippen LogP contribution in [0.15, 0.2) is 42.9 Å². The van der Waals surface area contributed by atoms with Crippen molar-refractivity contribution in [1.29, 1.82) is 0 Å². The average molecular weight is 371 g/mol. The maximum Gasteiger partial charge on any atom is 0.213 e. The van der Waals surface area contributed by atoms with Gasteiger partial charge in [-0.05, 0) is 24.6 Å². The Morgan fingerprint density at radius 2 is 2.04 bits per heavy atom. The number of hydrogen-bond donors (Lipinski definition) is 0. The second kappa shape index (κ2) is 6.84. The third kappa shape index (κ3) is 3.06. The molecule has 8 heteroatoms. The summed E-state index contributed by atoms with van der Waals surface area (Å²) in [6.45, 7) is 2.62. The number of pyridine rings is 1. The first-order valence-corrected chi connectivity index (χ1v) is 8.69. The monoisotopic (exact) mass is 370 g/mol. The summed E-state index contributed by atoms with van der Waals surface area (Å²) in [7, 11) is 0. The largest absolute Gasteiger partial charge is 0.325 e. The lowest BCUT2D eigenvalue weighted by Crippen LogP contribution is -2.06. The molecule has 0 bridgehead atoms. The van der Waals surface area contributed by atoms with Crippen LogP contribution in [0.2, 0.25) is 5.15 Å². The molecule has 0 aliphatic heterocycles. The summed E-state index contributed by atoms with van der Waals surface area (Å²) in [5, 5.41) is 4.80. The average Bonchev–Trinajstić information content (AvgIpc) is 3.21. The lowest BCUT2D eigenvalue weighted by atomic mass is 10.2. The third-order valence-electron chi connectivity index (χ3n) is 4.13. The van der Waals surface area contributed by atoms with Crippen molar-refractivity contribution in [3.05, 3.63) is 65.3 Å². The first-order chi connectivity index (χ1) is 12.7. The summed E-state index contributed by atoms with van der Waals surface area (Å²) in [6.07, 6.45) is 6.77. The topological polar surface area (TPSA) is 60.9 Å². The Balaban J connectivity index is 1.77. The van der Waals surface area contributed by atoms with Crippen molar-refractivity contribution in [1.82, 2.24) is 29.1 Å². The van der Waals surface area contributed by atoms with Gasteiger partial charge in [0, 0.05) is 30.2 Å². The predicted octanol–water partition coefficient (Wildman–Crippen LogP) is 3.78. The van der Waals surface area contributed by atoms with E-state index in [4.69, 9.17) is 16.6 Å². The minimum Gasteiger partial charge on any atom is -0.325 e. The number of aryl methyl sites for hydroxylation is 1. The van der Waals surface area contributed by atoms with Crippen LogP contribution in [0.5, 0.6) is 0 Å². The quantitative estimate of drug-likeness (QED) is 0.501. The number of hydrogen-bond acceptors (Lipinski definition) is 4. The van der Waals surface area contributed by atoms with Crippen molar-refractivity contribution in [3.63, 3.8) is 0 Å². The standard InChI is InChI=1S/C18H16ClFN6/c1-2-3-14-13(23-17-5-4-15(19)24-26(14)17)11-25-9-8-22-18(25)12-6-7-21-16(20)10-12/h4-10H,2-3,11H2,1H3. The number of fused-ring (bicyclic) bond motifs is 1. The Bertz CT molecular complexity index is 1070. The van der Waals surface area contributed by atoms with Gasteiger partial charge in [0.2, 0.25) is 5.95 Å². The van der Waals surface area contributed by atoms with Gasteiger partial charge in [0.15, 0.2) is 5.65 Å². The molecule has 0 aliphatic carbocycles. The molecule has 4 aromatic rings. The van der Waals surface area contributed by atoms with E-state index in [2.05, 4.69) is 22.0 Å². The van der Waals surface area contributed by atoms with Crippen molar-refractivity contribution in [2.75, 3.05) is 0 Å². The van der Waals surface area contributed by atoms with Crippen molar-refractivity contribution in [3.8, 4) is 11.4 Å². The highest BCUT2D eigenvalue weighted by atomic mass is 35.5. The lowest BCUT2D eigenvalue weighted by molar-refractivity contribution is 0.584. The van der Waals surface area contributed by atoms with Crippen LogP contribution in [0, 0.1) is 5.95 Å². The van der Waals surface area contributed by atoms with Gasteiger partial charge in [0.1, 0.15) is 11.0 Å². The second-order valence-electron chi connectivity index (χ2n) is 5.93. The highest BCUT2D eigenvalue weighted by Crippen LogP contribution is 2.21. The molecule has 0 amide bonds. The summed E-state index contributed by atoms with van der Waals surface area (Å²) in [5.41, 5.74) is 3.34. The van der Waals surface area contributed by atoms with Crippen molar-refractivity contribution in [2.45, 2.75) is 26.3 Å². The molecule has 0 atom stereocenters. The van der Waals surface area contributed by atoms with Crippen LogP contribution in [-0.2, 0) is 13.0 Å². The van der Waals surface area contributed by atoms with Crippen LogP contribution in [0.4, 0.5) is 4.39 Å². The molecule has 0 spiro atoms. The van der Waals surface area contributed by atoms with E-state index in [1.54, 1.807) is 22.8 Å². The van der Waals surface area contributed by atoms with Gasteiger partial charge in [-0.15, -0.1) is 0 Å². The maximum atomic E-state index is 13.5. The van der Waals surface area contributed by atoms with Gasteiger partial charge in [-0.25, -0.2) is 19.5 Å². The van der Waals surface area contributed by atoms with Gasteiger partial charge >= 0.3 is 0 Å². The molecule has 4 heterocycles. The van der Waals surface area contributed by atoms with Crippen LogP contribution in [0.25, 0.3) is 17.0 Å². The molecule has 132 valence electrons. The smallest absolute Gasteiger partial charge is 0.213 e. The Morgan fingerprint density at radius 3 is 2.85 bits per heavy atom. The van der Waals surface area contributed by atoms with E-state index in [1.165, 1.54) is 12.3 Å². The van der Waals surface area contributed by atoms with Crippen molar-refractivity contribution >= 4 is 17.2 Å². The van der Waals surface area contributed by atoms with Gasteiger partial charge in [0.25, 0.3) is 0 Å². The fraction of sp³-hybridized carbons (Fsp3) is 0.222. The van der Waals surface area contributed by atoms with E-state index in [0.717, 1.165) is 29.9 Å². The summed E-state index contributed by atoms with van der Waals surface area (Å²) in [5.74, 6) is 0.132. The normalized spacial score (nSPS) is 11.3. The summed E-state index contributed by atoms with van der Waals surface area (Å²) in [6, 6.07) is 6.69. The Labute approximate surface area is 154 Å². The zero-order chi connectivity index (χ0) is 18.1. The molecular weight excluding hydrogens is 355 g/mol. The van der Waals surface area contributed by atoms with Gasteiger partial charge in [-0.2, -0.15) is 9.49 Å². The molecule has 4 aromatic heterocycles. The summed E-state index contributed by atoms with van der Waals surface area (Å²) >= 11 is 6.05. The van der Waals surface area contributed by atoms with Crippen LogP contribution in [0.3, 0.4) is 0 Å². The summed E-state index contributed by atoms with van der Waals surface area (Å²) < 4.78 is 17.2. The van der Waals surface area contributed by atoms with E-state index in [9.17, 15) is 4.39 Å². The number of aromatic nitrogens is 6. The lowest BCUT2D eigenvalue weighted by Gasteiger charge is -2.08. The summed E-state index contributed by atoms with van der Waals surface area (Å²) in [4.78, 5) is 12.7. The molecule has 26 heavy (non-hydrogen) atoms. The van der Waals surface area contributed by atoms with Gasteiger partial charge in [-0.3, -0.25) is 0 Å². The molecule has 0 radical (unpaired) electrons. The third-order valence-corrected chi connectivity index (χ3v) is 4.33. The van der Waals surface area contributed by atoms with E-state index >= 15 is 0 Å². The highest BCUT2D eigenvalue weighted by Gasteiger charge is 2.16. The first-order valence-electron chi connectivity index (χ1n) is 8.32. The van der Waals surface area contributed by atoms with Crippen molar-refractivity contribution < 1.29 is 4.39 Å². The molecule has 0 unspecified atom stereocenters. The second-order valence-corrected chi connectivity index (χ2v) is 6.31. The molecule has 0 aliphatic rings. The van der Waals surface area contributed by atoms with Crippen LogP contribution >= 0.6 is 11.6 Å². The SMILES string of the molecule is CCCc1c(Cn2ccnc2-c2ccnc(F)c2)nc2ccc(Cl)nn12. The predicted molar refractivity (Wildman–Crippen MR) is 96.5 cm³/mol. The highest BCUT2D eigenvalue weighted by molar-refractivity contribution is 6.29. The molecule has 0 saturated carbocycles. The van der Waals surface area contributed by atoms with Gasteiger partial charge < -0.3 is 4.57 Å². The number of rotatable bonds is 5. The van der Waals surface area contributed by atoms with Crippen LogP contribution in [-0.4, -0.2) is 29.1 Å². The maximum absolute atomic E-state index is 13.5. The van der Waals surface area contributed by atoms with E-state index in [-0.39, 0.29) is 0 Å². The molecule has 0 aromatic carbocycles. The van der Waals surface area contributed by atoms with E-state index in [1.807, 2.05) is 16.8 Å². The van der Waals surface area contributed by atoms with Crippen LogP contribution < -0.4 is 0 Å². The van der Waals surface area contributed by atoms with E-state index < -0.39 is 5.95 Å². The zero-order valence-corrected chi connectivity index (χ0v) is 14.9. The molecule has 0 N–H and O–H groups in total. The van der Waals surface area contributed by atoms with E-state index in [0.29, 0.717) is 23.1 Å². The Kier molecular flexibility index (Phi) is 4.38. The minimum absolute atomic E-state index is 0.425. The molecule has 4 rings (SSSR count). The fourth-order valence-electron chi connectivity index (χ4n) is 3.02. The number of nitrogens with zero attached hydrogens (tertiary/aromatic N) is 6. The molecular formula is C18H16ClFN6. The minimum atomic E-state index is -0.532. The fourth-order valence-corrected chi connectivity index (χ4v) is 3.15. The first kappa shape index (κ1) is 16.7. The molecule has 0 saturated heterocycles. The molecule has 0 fully saturated rings. The van der Waals surface area contributed by atoms with Gasteiger partial charge in [0.05, 0.1) is 17.9 Å². The Hall–Kier alpha value is -2.80. The number of imidazole rings is 2. The zero-order valence-electron chi connectivity index (χ0n) is 14.1. The molecule has 6 nitrogen and oxygen atoms in total.